The van der Waals surface area contributed by atoms with Gasteiger partial charge < -0.3 is 10.1 Å². The number of alkyl halides is 1. The number of esters is 1. The molecule has 0 bridgehead atoms. The van der Waals surface area contributed by atoms with E-state index in [1.807, 2.05) is 18.2 Å². The number of aliphatic imine (C=N–C) groups is 1. The summed E-state index contributed by atoms with van der Waals surface area (Å²) in [5, 5.41) is 15.2. The first-order valence-electron chi connectivity index (χ1n) is 12.2. The number of carbonyl (C=O) groups excluding carboxylic acids is 2. The first-order valence-corrected chi connectivity index (χ1v) is 12.7. The molecule has 0 aliphatic carbocycles. The summed E-state index contributed by atoms with van der Waals surface area (Å²) in [5.74, 6) is -0.447. The molecule has 1 saturated heterocycles. The Kier molecular flexibility index (Phi) is 7.47. The minimum absolute atomic E-state index is 0.0452. The third kappa shape index (κ3) is 5.50. The van der Waals surface area contributed by atoms with Crippen molar-refractivity contribution in [3.63, 3.8) is 0 Å². The van der Waals surface area contributed by atoms with Crippen LogP contribution < -0.4 is 5.32 Å². The fourth-order valence-electron chi connectivity index (χ4n) is 4.65. The van der Waals surface area contributed by atoms with Crippen molar-refractivity contribution in [3.05, 3.63) is 71.7 Å². The van der Waals surface area contributed by atoms with Crippen LogP contribution in [-0.4, -0.2) is 74.7 Å². The fraction of sp³-hybridized carbons (Fsp3) is 0.346. The highest BCUT2D eigenvalue weighted by atomic mass is 35.5. The van der Waals surface area contributed by atoms with Gasteiger partial charge in [0.2, 0.25) is 5.62 Å². The number of H-pyrrole nitrogens is 1. The lowest BCUT2D eigenvalue weighted by Gasteiger charge is -2.43. The number of halogens is 1. The molecule has 4 heterocycles. The maximum absolute atomic E-state index is 13.2. The Labute approximate surface area is 219 Å². The Morgan fingerprint density at radius 1 is 1.19 bits per heavy atom. The third-order valence-corrected chi connectivity index (χ3v) is 6.82. The highest BCUT2D eigenvalue weighted by Crippen LogP contribution is 2.33. The molecule has 1 fully saturated rings. The van der Waals surface area contributed by atoms with Gasteiger partial charge in [-0.2, -0.15) is 5.10 Å². The van der Waals surface area contributed by atoms with Crippen LogP contribution >= 0.6 is 11.6 Å². The summed E-state index contributed by atoms with van der Waals surface area (Å²) in [4.78, 5) is 34.0. The number of hydrazine groups is 1. The van der Waals surface area contributed by atoms with Crippen LogP contribution in [0.25, 0.3) is 11.0 Å². The molecule has 2 aliphatic rings. The molecule has 2 N–H and O–H groups in total. The monoisotopic (exact) mass is 521 g/mol. The largest absolute Gasteiger partial charge is 0.460 e. The highest BCUT2D eigenvalue weighted by molar-refractivity contribution is 6.21. The maximum atomic E-state index is 13.2. The molecule has 0 radical (unpaired) electrons. The van der Waals surface area contributed by atoms with Gasteiger partial charge in [-0.15, -0.1) is 0 Å². The molecule has 0 saturated carbocycles. The second-order valence-electron chi connectivity index (χ2n) is 9.08. The number of nitrogens with zero attached hydrogens (tertiary/aromatic N) is 5. The number of fused-ring (bicyclic) bond motifs is 1. The van der Waals surface area contributed by atoms with Gasteiger partial charge in [0.25, 0.3) is 5.91 Å². The predicted molar refractivity (Wildman–Crippen MR) is 140 cm³/mol. The normalized spacial score (nSPS) is 19.5. The Morgan fingerprint density at radius 2 is 1.97 bits per heavy atom. The lowest BCUT2D eigenvalue weighted by Crippen LogP contribution is -2.53. The van der Waals surface area contributed by atoms with E-state index in [-0.39, 0.29) is 12.5 Å². The predicted octanol–water partition coefficient (Wildman–Crippen LogP) is 3.21. The van der Waals surface area contributed by atoms with Crippen molar-refractivity contribution >= 4 is 40.7 Å². The van der Waals surface area contributed by atoms with Crippen molar-refractivity contribution in [3.8, 4) is 0 Å². The van der Waals surface area contributed by atoms with Gasteiger partial charge in [-0.25, -0.2) is 14.8 Å². The lowest BCUT2D eigenvalue weighted by atomic mass is 9.92. The van der Waals surface area contributed by atoms with Crippen LogP contribution in [0, 0.1) is 0 Å². The molecule has 37 heavy (non-hydrogen) atoms. The Morgan fingerprint density at radius 3 is 2.76 bits per heavy atom. The van der Waals surface area contributed by atoms with Gasteiger partial charge in [0, 0.05) is 42.5 Å². The van der Waals surface area contributed by atoms with E-state index in [4.69, 9.17) is 16.3 Å². The average molecular weight is 522 g/mol. The Balaban J connectivity index is 1.19. The summed E-state index contributed by atoms with van der Waals surface area (Å²) in [7, 11) is 0. The molecule has 10 nitrogen and oxygen atoms in total. The number of allylic oxidation sites excluding steroid dienone is 1. The van der Waals surface area contributed by atoms with E-state index in [0.717, 1.165) is 29.6 Å². The molecule has 2 atom stereocenters. The molecule has 2 aliphatic heterocycles. The second kappa shape index (κ2) is 11.1. The van der Waals surface area contributed by atoms with Crippen molar-refractivity contribution in [1.29, 1.82) is 0 Å². The number of piperidine rings is 1. The number of amides is 1. The van der Waals surface area contributed by atoms with E-state index in [9.17, 15) is 9.59 Å². The number of pyridine rings is 1. The molecule has 11 heteroatoms. The minimum Gasteiger partial charge on any atom is -0.460 e. The number of hydrogen-bond donors (Lipinski definition) is 2. The van der Waals surface area contributed by atoms with Crippen LogP contribution in [0.4, 0.5) is 0 Å². The van der Waals surface area contributed by atoms with Crippen LogP contribution in [0.1, 0.15) is 41.7 Å². The number of ether oxygens (including phenoxy) is 1. The van der Waals surface area contributed by atoms with Crippen molar-refractivity contribution in [2.24, 2.45) is 4.99 Å². The van der Waals surface area contributed by atoms with Crippen molar-refractivity contribution in [1.82, 2.24) is 30.5 Å². The molecular weight excluding hydrogens is 494 g/mol. The second-order valence-corrected chi connectivity index (χ2v) is 9.47. The Bertz CT molecular complexity index is 1320. The van der Waals surface area contributed by atoms with E-state index in [1.165, 1.54) is 0 Å². The summed E-state index contributed by atoms with van der Waals surface area (Å²) in [5.41, 5.74) is 1.94. The molecule has 3 aromatic rings. The van der Waals surface area contributed by atoms with E-state index >= 15 is 0 Å². The van der Waals surface area contributed by atoms with Gasteiger partial charge in [0.1, 0.15) is 12.3 Å². The van der Waals surface area contributed by atoms with Crippen molar-refractivity contribution in [2.75, 3.05) is 19.7 Å². The summed E-state index contributed by atoms with van der Waals surface area (Å²) in [6, 6.07) is 12.3. The molecule has 1 aromatic carbocycles. The van der Waals surface area contributed by atoms with Gasteiger partial charge in [-0.05, 0) is 50.1 Å². The SMILES string of the molecule is C[C@H](COC(=O)c1ccccc1)NC(=O)C1=CC=NC(Cl)N1N1CCC(c2[nH]nc3ncccc23)CC1. The van der Waals surface area contributed by atoms with Gasteiger partial charge in [-0.3, -0.25) is 19.9 Å². The number of carbonyl (C=O) groups is 2. The molecular formula is C26H28ClN7O3. The van der Waals surface area contributed by atoms with Crippen LogP contribution in [0.3, 0.4) is 0 Å². The summed E-state index contributed by atoms with van der Waals surface area (Å²) < 4.78 is 5.36. The standard InChI is InChI=1S/C26H28ClN7O3/c1-17(16-37-25(36)19-6-3-2-4-7-19)30-24(35)21-9-13-29-26(27)34(21)33-14-10-18(11-15-33)22-20-8-5-12-28-23(20)32-31-22/h2-9,12-13,17-18,26H,10-11,14-16H2,1H3,(H,30,35)(H,28,31,32)/t17-,26?/m1/s1. The van der Waals surface area contributed by atoms with Gasteiger partial charge in [0.05, 0.1) is 11.6 Å². The van der Waals surface area contributed by atoms with Crippen LogP contribution in [0.15, 0.2) is 65.4 Å². The first-order chi connectivity index (χ1) is 18.0. The number of hydrogen-bond acceptors (Lipinski definition) is 8. The van der Waals surface area contributed by atoms with Gasteiger partial charge in [0.15, 0.2) is 5.65 Å². The molecule has 5 rings (SSSR count). The summed E-state index contributed by atoms with van der Waals surface area (Å²) >= 11 is 6.55. The summed E-state index contributed by atoms with van der Waals surface area (Å²) in [6.07, 6.45) is 6.64. The third-order valence-electron chi connectivity index (χ3n) is 6.52. The minimum atomic E-state index is -0.731. The van der Waals surface area contributed by atoms with E-state index in [2.05, 4.69) is 30.5 Å². The number of benzene rings is 1. The lowest BCUT2D eigenvalue weighted by molar-refractivity contribution is -0.124. The zero-order valence-corrected chi connectivity index (χ0v) is 21.1. The van der Waals surface area contributed by atoms with Gasteiger partial charge >= 0.3 is 5.97 Å². The number of nitrogens with one attached hydrogen (secondary N) is 2. The molecule has 1 amide bonds. The van der Waals surface area contributed by atoms with Crippen molar-refractivity contribution in [2.45, 2.75) is 37.4 Å². The zero-order chi connectivity index (χ0) is 25.8. The topological polar surface area (TPSA) is 116 Å². The van der Waals surface area contributed by atoms with Crippen LogP contribution in [0.2, 0.25) is 0 Å². The van der Waals surface area contributed by atoms with Crippen LogP contribution in [-0.2, 0) is 9.53 Å². The first kappa shape index (κ1) is 24.9. The van der Waals surface area contributed by atoms with Crippen LogP contribution in [0.5, 0.6) is 0 Å². The maximum Gasteiger partial charge on any atom is 0.338 e. The molecule has 2 aromatic heterocycles. The van der Waals surface area contributed by atoms with Crippen molar-refractivity contribution < 1.29 is 14.3 Å². The summed E-state index contributed by atoms with van der Waals surface area (Å²) in [6.45, 7) is 3.22. The van der Waals surface area contributed by atoms with Gasteiger partial charge in [-0.1, -0.05) is 29.8 Å². The Hall–Kier alpha value is -3.76. The van der Waals surface area contributed by atoms with E-state index in [0.29, 0.717) is 30.3 Å². The zero-order valence-electron chi connectivity index (χ0n) is 20.4. The van der Waals surface area contributed by atoms with E-state index in [1.54, 1.807) is 54.7 Å². The molecule has 192 valence electrons. The number of aromatic amines is 1. The fourth-order valence-corrected chi connectivity index (χ4v) is 4.95. The highest BCUT2D eigenvalue weighted by Gasteiger charge is 2.34. The number of rotatable bonds is 7. The smallest absolute Gasteiger partial charge is 0.338 e. The van der Waals surface area contributed by atoms with E-state index < -0.39 is 17.6 Å². The molecule has 0 spiro atoms. The number of aromatic nitrogens is 3. The quantitative estimate of drug-likeness (QED) is 0.278. The average Bonchev–Trinajstić information content (AvgIpc) is 3.36. The molecule has 1 unspecified atom stereocenters.